The molecule has 0 aliphatic heterocycles. The van der Waals surface area contributed by atoms with E-state index >= 15 is 0 Å². The van der Waals surface area contributed by atoms with Crippen LogP contribution in [0.4, 0.5) is 26.3 Å². The largest absolute Gasteiger partial charge is 0.479 e. The predicted molar refractivity (Wildman–Crippen MR) is 48.8 cm³/mol. The Balaban J connectivity index is 3.64. The molecule has 19 heavy (non-hydrogen) atoms. The lowest BCUT2D eigenvalue weighted by Gasteiger charge is -2.29. The van der Waals surface area contributed by atoms with Crippen molar-refractivity contribution < 1.29 is 36.2 Å². The fourth-order valence-electron chi connectivity index (χ4n) is 1.35. The van der Waals surface area contributed by atoms with Crippen LogP contribution in [0.5, 0.6) is 0 Å². The van der Waals surface area contributed by atoms with Gasteiger partial charge < -0.3 is 10.8 Å². The molecule has 4 nitrogen and oxygen atoms in total. The molecule has 106 valence electrons. The molecule has 1 rings (SSSR count). The third-order valence-electron chi connectivity index (χ3n) is 2.34. The third-order valence-corrected chi connectivity index (χ3v) is 2.34. The summed E-state index contributed by atoms with van der Waals surface area (Å²) in [6.45, 7) is 0. The van der Waals surface area contributed by atoms with Gasteiger partial charge in [0.05, 0.1) is 5.56 Å². The summed E-state index contributed by atoms with van der Waals surface area (Å²) < 4.78 is 75.9. The molecule has 1 unspecified atom stereocenters. The maximum atomic E-state index is 12.7. The van der Waals surface area contributed by atoms with Crippen molar-refractivity contribution in [2.45, 2.75) is 17.9 Å². The standard InChI is InChI=1S/C9H6F6N2O2/c10-8(11,12)4-1-2-17-3-5(4)7(16,6(18)19)9(13,14)15/h1-3H,16H2,(H,18,19). The Hall–Kier alpha value is -1.84. The van der Waals surface area contributed by atoms with Gasteiger partial charge >= 0.3 is 18.3 Å². The summed E-state index contributed by atoms with van der Waals surface area (Å²) in [6, 6.07) is 0.228. The second-order valence-electron chi connectivity index (χ2n) is 3.53. The lowest BCUT2D eigenvalue weighted by atomic mass is 9.88. The Bertz CT molecular complexity index is 498. The Kier molecular flexibility index (Phi) is 3.50. The number of carboxylic acids is 1. The number of aromatic nitrogens is 1. The zero-order valence-corrected chi connectivity index (χ0v) is 8.88. The first kappa shape index (κ1) is 15.2. The first-order valence-corrected chi connectivity index (χ1v) is 4.53. The molecule has 1 atom stereocenters. The predicted octanol–water partition coefficient (Wildman–Crippen LogP) is 1.90. The van der Waals surface area contributed by atoms with Crippen LogP contribution in [-0.2, 0) is 16.5 Å². The van der Waals surface area contributed by atoms with E-state index in [-0.39, 0.29) is 12.3 Å². The minimum absolute atomic E-state index is 0.143. The van der Waals surface area contributed by atoms with Gasteiger partial charge in [-0.3, -0.25) is 4.98 Å². The van der Waals surface area contributed by atoms with Gasteiger partial charge in [-0.2, -0.15) is 26.3 Å². The van der Waals surface area contributed by atoms with Gasteiger partial charge in [0.1, 0.15) is 0 Å². The maximum Gasteiger partial charge on any atom is 0.421 e. The number of nitrogens with zero attached hydrogens (tertiary/aromatic N) is 1. The van der Waals surface area contributed by atoms with Gasteiger partial charge in [-0.25, -0.2) is 4.79 Å². The third kappa shape index (κ3) is 2.48. The van der Waals surface area contributed by atoms with Crippen molar-refractivity contribution >= 4 is 5.97 Å². The second kappa shape index (κ2) is 4.37. The number of alkyl halides is 6. The Morgan fingerprint density at radius 2 is 1.68 bits per heavy atom. The summed E-state index contributed by atoms with van der Waals surface area (Å²) in [6.07, 6.45) is -10.1. The van der Waals surface area contributed by atoms with E-state index in [1.165, 1.54) is 0 Å². The van der Waals surface area contributed by atoms with Crippen LogP contribution in [0.3, 0.4) is 0 Å². The quantitative estimate of drug-likeness (QED) is 0.815. The fraction of sp³-hybridized carbons (Fsp3) is 0.333. The molecule has 3 N–H and O–H groups in total. The summed E-state index contributed by atoms with van der Waals surface area (Å²) >= 11 is 0. The summed E-state index contributed by atoms with van der Waals surface area (Å²) in [7, 11) is 0. The number of hydrogen-bond donors (Lipinski definition) is 2. The van der Waals surface area contributed by atoms with Crippen LogP contribution in [0.25, 0.3) is 0 Å². The molecule has 0 aliphatic carbocycles. The Labute approximate surface area is 101 Å². The molecule has 10 heteroatoms. The van der Waals surface area contributed by atoms with Gasteiger partial charge in [-0.05, 0) is 6.07 Å². The van der Waals surface area contributed by atoms with Gasteiger partial charge in [0.25, 0.3) is 0 Å². The van der Waals surface area contributed by atoms with E-state index in [9.17, 15) is 31.1 Å². The lowest BCUT2D eigenvalue weighted by molar-refractivity contribution is -0.206. The molecule has 0 amide bonds. The molecule has 1 heterocycles. The minimum Gasteiger partial charge on any atom is -0.479 e. The molecule has 0 radical (unpaired) electrons. The van der Waals surface area contributed by atoms with Crippen LogP contribution in [0, 0.1) is 0 Å². The number of nitrogens with two attached hydrogens (primary N) is 1. The van der Waals surface area contributed by atoms with Crippen LogP contribution in [0.1, 0.15) is 11.1 Å². The van der Waals surface area contributed by atoms with Gasteiger partial charge in [0, 0.05) is 18.0 Å². The van der Waals surface area contributed by atoms with Crippen molar-refractivity contribution in [2.24, 2.45) is 5.73 Å². The van der Waals surface area contributed by atoms with Crippen LogP contribution in [0.15, 0.2) is 18.5 Å². The average molecular weight is 288 g/mol. The summed E-state index contributed by atoms with van der Waals surface area (Å²) in [5.74, 6) is -2.65. The number of carboxylic acid groups (broad SMARTS) is 1. The fourth-order valence-corrected chi connectivity index (χ4v) is 1.35. The second-order valence-corrected chi connectivity index (χ2v) is 3.53. The summed E-state index contributed by atoms with van der Waals surface area (Å²) in [5.41, 5.74) is -2.98. The van der Waals surface area contributed by atoms with Gasteiger partial charge in [0.15, 0.2) is 0 Å². The monoisotopic (exact) mass is 288 g/mol. The van der Waals surface area contributed by atoms with E-state index in [1.54, 1.807) is 0 Å². The first-order chi connectivity index (χ1) is 8.42. The highest BCUT2D eigenvalue weighted by Gasteiger charge is 2.62. The van der Waals surface area contributed by atoms with E-state index < -0.39 is 35.0 Å². The normalized spacial score (nSPS) is 15.9. The van der Waals surface area contributed by atoms with Crippen LogP contribution >= 0.6 is 0 Å². The zero-order valence-electron chi connectivity index (χ0n) is 8.88. The van der Waals surface area contributed by atoms with E-state index in [0.717, 1.165) is 0 Å². The Morgan fingerprint density at radius 1 is 1.16 bits per heavy atom. The molecule has 0 fully saturated rings. The van der Waals surface area contributed by atoms with E-state index in [2.05, 4.69) is 10.7 Å². The molecular formula is C9H6F6N2O2. The zero-order chi connectivity index (χ0) is 15.1. The lowest BCUT2D eigenvalue weighted by Crippen LogP contribution is -2.57. The van der Waals surface area contributed by atoms with Crippen molar-refractivity contribution in [3.05, 3.63) is 29.6 Å². The van der Waals surface area contributed by atoms with E-state index in [0.29, 0.717) is 6.20 Å². The van der Waals surface area contributed by atoms with E-state index in [1.807, 2.05) is 0 Å². The number of aliphatic carboxylic acids is 1. The van der Waals surface area contributed by atoms with Crippen LogP contribution in [0.2, 0.25) is 0 Å². The first-order valence-electron chi connectivity index (χ1n) is 4.53. The molecule has 0 spiro atoms. The maximum absolute atomic E-state index is 12.7. The molecule has 0 saturated carbocycles. The Morgan fingerprint density at radius 3 is 2.05 bits per heavy atom. The highest BCUT2D eigenvalue weighted by Crippen LogP contribution is 2.42. The molecule has 1 aromatic rings. The van der Waals surface area contributed by atoms with Crippen LogP contribution in [-0.4, -0.2) is 22.2 Å². The van der Waals surface area contributed by atoms with Gasteiger partial charge in [-0.1, -0.05) is 0 Å². The molecule has 0 saturated heterocycles. The highest BCUT2D eigenvalue weighted by atomic mass is 19.4. The SMILES string of the molecule is NC(C(=O)O)(c1cnccc1C(F)(F)F)C(F)(F)F. The van der Waals surface area contributed by atoms with Crippen molar-refractivity contribution in [2.75, 3.05) is 0 Å². The van der Waals surface area contributed by atoms with Crippen LogP contribution < -0.4 is 5.73 Å². The molecule has 0 bridgehead atoms. The van der Waals surface area contributed by atoms with Crippen molar-refractivity contribution in [1.82, 2.24) is 4.98 Å². The number of carbonyl (C=O) groups is 1. The smallest absolute Gasteiger partial charge is 0.421 e. The number of hydrogen-bond acceptors (Lipinski definition) is 3. The van der Waals surface area contributed by atoms with E-state index in [4.69, 9.17) is 5.11 Å². The highest BCUT2D eigenvalue weighted by molar-refractivity contribution is 5.82. The van der Waals surface area contributed by atoms with Crippen molar-refractivity contribution in [3.63, 3.8) is 0 Å². The molecule has 0 aromatic carbocycles. The topological polar surface area (TPSA) is 76.2 Å². The van der Waals surface area contributed by atoms with Crippen molar-refractivity contribution in [3.8, 4) is 0 Å². The molecule has 0 aliphatic rings. The van der Waals surface area contributed by atoms with Gasteiger partial charge in [-0.15, -0.1) is 0 Å². The number of rotatable bonds is 2. The molecular weight excluding hydrogens is 282 g/mol. The average Bonchev–Trinajstić information content (AvgIpc) is 2.25. The number of halogens is 6. The number of pyridine rings is 1. The minimum atomic E-state index is -5.62. The summed E-state index contributed by atoms with van der Waals surface area (Å²) in [4.78, 5) is 13.8. The van der Waals surface area contributed by atoms with Crippen molar-refractivity contribution in [1.29, 1.82) is 0 Å². The molecule has 1 aromatic heterocycles. The van der Waals surface area contributed by atoms with Gasteiger partial charge in [0.2, 0.25) is 5.54 Å². The summed E-state index contributed by atoms with van der Waals surface area (Å²) in [5, 5.41) is 8.57.